The zero-order chi connectivity index (χ0) is 20.3. The van der Waals surface area contributed by atoms with E-state index in [0.717, 1.165) is 10.5 Å². The number of rotatable bonds is 6. The van der Waals surface area contributed by atoms with Crippen LogP contribution in [0.2, 0.25) is 0 Å². The number of likely N-dealkylation sites (tertiary alicyclic amines) is 1. The van der Waals surface area contributed by atoms with Gasteiger partial charge < -0.3 is 19.6 Å². The fraction of sp³-hybridized carbons (Fsp3) is 0.286. The molecule has 1 fully saturated rings. The van der Waals surface area contributed by atoms with Gasteiger partial charge in [0.25, 0.3) is 11.7 Å². The van der Waals surface area contributed by atoms with Crippen molar-refractivity contribution in [2.24, 2.45) is 0 Å². The normalized spacial score (nSPS) is 18.7. The summed E-state index contributed by atoms with van der Waals surface area (Å²) in [6.45, 7) is 1.08. The van der Waals surface area contributed by atoms with Crippen LogP contribution in [-0.2, 0) is 9.59 Å². The van der Waals surface area contributed by atoms with E-state index in [0.29, 0.717) is 24.4 Å². The van der Waals surface area contributed by atoms with E-state index in [4.69, 9.17) is 4.74 Å². The molecule has 28 heavy (non-hydrogen) atoms. The zero-order valence-corrected chi connectivity index (χ0v) is 16.2. The molecule has 1 unspecified atom stereocenters. The molecular formula is C21H25N3O4+2. The number of quaternary nitrogens is 1. The molecule has 0 radical (unpaired) electrons. The zero-order valence-electron chi connectivity index (χ0n) is 16.2. The lowest BCUT2D eigenvalue weighted by Gasteiger charge is -2.24. The number of aliphatic hydroxyl groups is 1. The summed E-state index contributed by atoms with van der Waals surface area (Å²) in [4.78, 5) is 31.3. The number of H-pyrrole nitrogens is 1. The number of benzene rings is 1. The minimum Gasteiger partial charge on any atom is -0.507 e. The third-order valence-corrected chi connectivity index (χ3v) is 4.78. The molecular weight excluding hydrogens is 358 g/mol. The Bertz CT molecular complexity index is 909. The molecule has 1 aliphatic rings. The summed E-state index contributed by atoms with van der Waals surface area (Å²) in [5, 5.41) is 11.0. The van der Waals surface area contributed by atoms with Crippen molar-refractivity contribution in [3.8, 4) is 5.75 Å². The maximum atomic E-state index is 12.9. The van der Waals surface area contributed by atoms with Gasteiger partial charge in [-0.25, -0.2) is 4.98 Å². The maximum Gasteiger partial charge on any atom is 0.295 e. The number of ether oxygens (including phenoxy) is 1. The van der Waals surface area contributed by atoms with Crippen LogP contribution in [-0.4, -0.2) is 56.0 Å². The Labute approximate surface area is 163 Å². The predicted molar refractivity (Wildman–Crippen MR) is 103 cm³/mol. The summed E-state index contributed by atoms with van der Waals surface area (Å²) in [6, 6.07) is 9.79. The molecule has 0 aliphatic carbocycles. The van der Waals surface area contributed by atoms with E-state index in [2.05, 4.69) is 4.98 Å². The van der Waals surface area contributed by atoms with Crippen molar-refractivity contribution >= 4 is 17.4 Å². The maximum absolute atomic E-state index is 12.9. The SMILES string of the molecule is COc1cccc(C(O)=C2C(=O)C(=O)N(CC[NH+](C)C)C2c2ccc[nH+]c2)c1. The summed E-state index contributed by atoms with van der Waals surface area (Å²) in [7, 11) is 5.50. The van der Waals surface area contributed by atoms with Crippen molar-refractivity contribution in [3.63, 3.8) is 0 Å². The molecule has 1 aromatic carbocycles. The van der Waals surface area contributed by atoms with E-state index in [9.17, 15) is 14.7 Å². The van der Waals surface area contributed by atoms with Gasteiger partial charge in [0.05, 0.1) is 45.9 Å². The van der Waals surface area contributed by atoms with E-state index in [1.807, 2.05) is 20.2 Å². The number of ketones is 1. The smallest absolute Gasteiger partial charge is 0.295 e. The highest BCUT2D eigenvalue weighted by molar-refractivity contribution is 6.46. The minimum atomic E-state index is -0.678. The number of methoxy groups -OCH3 is 1. The average molecular weight is 383 g/mol. The Hall–Kier alpha value is -3.19. The van der Waals surface area contributed by atoms with Crippen LogP contribution in [0.15, 0.2) is 54.4 Å². The number of amides is 1. The second-order valence-corrected chi connectivity index (χ2v) is 7.02. The first-order chi connectivity index (χ1) is 13.4. The molecule has 3 rings (SSSR count). The van der Waals surface area contributed by atoms with Crippen molar-refractivity contribution in [1.82, 2.24) is 4.90 Å². The molecule has 1 atom stereocenters. The first-order valence-electron chi connectivity index (χ1n) is 9.12. The first-order valence-corrected chi connectivity index (χ1v) is 9.12. The van der Waals surface area contributed by atoms with Crippen LogP contribution in [0, 0.1) is 0 Å². The van der Waals surface area contributed by atoms with E-state index >= 15 is 0 Å². The van der Waals surface area contributed by atoms with Crippen molar-refractivity contribution in [1.29, 1.82) is 0 Å². The second kappa shape index (κ2) is 8.22. The van der Waals surface area contributed by atoms with Crippen LogP contribution in [0.1, 0.15) is 17.2 Å². The van der Waals surface area contributed by atoms with Gasteiger partial charge in [0.1, 0.15) is 11.5 Å². The van der Waals surface area contributed by atoms with Gasteiger partial charge in [-0.05, 0) is 18.2 Å². The number of carbonyl (C=O) groups is 2. The monoisotopic (exact) mass is 383 g/mol. The van der Waals surface area contributed by atoms with Gasteiger partial charge in [-0.3, -0.25) is 9.59 Å². The summed E-state index contributed by atoms with van der Waals surface area (Å²) < 4.78 is 5.21. The second-order valence-electron chi connectivity index (χ2n) is 7.02. The highest BCUT2D eigenvalue weighted by Gasteiger charge is 2.46. The number of aromatic amines is 1. The molecule has 1 aromatic heterocycles. The third-order valence-electron chi connectivity index (χ3n) is 4.78. The van der Waals surface area contributed by atoms with Crippen molar-refractivity contribution in [3.05, 3.63) is 65.5 Å². The predicted octanol–water partition coefficient (Wildman–Crippen LogP) is 0.0755. The molecule has 2 heterocycles. The van der Waals surface area contributed by atoms with Crippen molar-refractivity contribution in [2.75, 3.05) is 34.3 Å². The van der Waals surface area contributed by atoms with Crippen LogP contribution in [0.25, 0.3) is 5.76 Å². The number of nitrogens with zero attached hydrogens (tertiary/aromatic N) is 1. The summed E-state index contributed by atoms with van der Waals surface area (Å²) in [6.07, 6.45) is 3.49. The number of aromatic nitrogens is 1. The number of carbonyl (C=O) groups excluding carboxylic acids is 2. The van der Waals surface area contributed by atoms with Gasteiger partial charge in [-0.15, -0.1) is 0 Å². The van der Waals surface area contributed by atoms with Crippen LogP contribution in [0.4, 0.5) is 0 Å². The van der Waals surface area contributed by atoms with Gasteiger partial charge >= 0.3 is 0 Å². The van der Waals surface area contributed by atoms with Gasteiger partial charge in [-0.1, -0.05) is 12.1 Å². The fourth-order valence-electron chi connectivity index (χ4n) is 3.30. The van der Waals surface area contributed by atoms with Gasteiger partial charge in [0, 0.05) is 17.2 Å². The van der Waals surface area contributed by atoms with E-state index < -0.39 is 17.7 Å². The van der Waals surface area contributed by atoms with Crippen molar-refractivity contribution in [2.45, 2.75) is 6.04 Å². The molecule has 146 valence electrons. The van der Waals surface area contributed by atoms with E-state index in [-0.39, 0.29) is 11.3 Å². The first kappa shape index (κ1) is 19.6. The lowest BCUT2D eigenvalue weighted by atomic mass is 9.96. The Kier molecular flexibility index (Phi) is 5.75. The molecule has 3 N–H and O–H groups in total. The van der Waals surface area contributed by atoms with Gasteiger partial charge in [0.2, 0.25) is 0 Å². The molecule has 7 nitrogen and oxygen atoms in total. The number of Topliss-reactive ketones (excluding diaryl/α,β-unsaturated/α-hetero) is 1. The molecule has 7 heteroatoms. The molecule has 0 spiro atoms. The lowest BCUT2D eigenvalue weighted by molar-refractivity contribution is -0.857. The average Bonchev–Trinajstić information content (AvgIpc) is 2.97. The van der Waals surface area contributed by atoms with Crippen LogP contribution in [0.3, 0.4) is 0 Å². The lowest BCUT2D eigenvalue weighted by Crippen LogP contribution is -3.06. The van der Waals surface area contributed by atoms with E-state index in [1.54, 1.807) is 42.7 Å². The topological polar surface area (TPSA) is 85.4 Å². The molecule has 0 saturated carbocycles. The summed E-state index contributed by atoms with van der Waals surface area (Å²) in [5.74, 6) is -0.924. The van der Waals surface area contributed by atoms with Crippen molar-refractivity contribution < 1.29 is 29.3 Å². The van der Waals surface area contributed by atoms with E-state index in [1.165, 1.54) is 12.0 Å². The number of nitrogens with one attached hydrogen (secondary N) is 2. The molecule has 1 aliphatic heterocycles. The molecule has 0 bridgehead atoms. The largest absolute Gasteiger partial charge is 0.507 e. The molecule has 1 saturated heterocycles. The highest BCUT2D eigenvalue weighted by Crippen LogP contribution is 2.38. The van der Waals surface area contributed by atoms with Crippen LogP contribution < -0.4 is 14.6 Å². The van der Waals surface area contributed by atoms with Crippen LogP contribution >= 0.6 is 0 Å². The molecule has 1 amide bonds. The Morgan fingerprint density at radius 3 is 2.68 bits per heavy atom. The highest BCUT2D eigenvalue weighted by atomic mass is 16.5. The number of aliphatic hydroxyl groups excluding tert-OH is 1. The Balaban J connectivity index is 2.13. The third kappa shape index (κ3) is 3.75. The number of hydrogen-bond acceptors (Lipinski definition) is 4. The number of hydrogen-bond donors (Lipinski definition) is 2. The quantitative estimate of drug-likeness (QED) is 0.420. The van der Waals surface area contributed by atoms with Gasteiger partial charge in [-0.2, -0.15) is 0 Å². The Morgan fingerprint density at radius 2 is 2.04 bits per heavy atom. The Morgan fingerprint density at radius 1 is 1.25 bits per heavy atom. The fourth-order valence-corrected chi connectivity index (χ4v) is 3.30. The summed E-state index contributed by atoms with van der Waals surface area (Å²) >= 11 is 0. The number of pyridine rings is 1. The number of likely N-dealkylation sites (N-methyl/N-ethyl adjacent to an activating group) is 1. The van der Waals surface area contributed by atoms with Gasteiger partial charge in [0.15, 0.2) is 12.4 Å². The minimum absolute atomic E-state index is 0.0895. The van der Waals surface area contributed by atoms with Crippen LogP contribution in [0.5, 0.6) is 5.75 Å². The standard InChI is InChI=1S/C21H23N3O4/c1-23(2)10-11-24-18(15-7-5-9-22-13-15)17(20(26)21(24)27)19(25)14-6-4-8-16(12-14)28-3/h4-9,12-13,18,25H,10-11H2,1-3H3/p+2. The molecule has 2 aromatic rings. The summed E-state index contributed by atoms with van der Waals surface area (Å²) in [5.41, 5.74) is 1.26.